The summed E-state index contributed by atoms with van der Waals surface area (Å²) in [5, 5.41) is 34.9. The highest BCUT2D eigenvalue weighted by molar-refractivity contribution is 6.05. The number of ether oxygens (including phenoxy) is 5. The van der Waals surface area contributed by atoms with Crippen LogP contribution in [0.5, 0.6) is 0 Å². The molecule has 3 heterocycles. The van der Waals surface area contributed by atoms with Gasteiger partial charge in [0.05, 0.1) is 12.2 Å². The van der Waals surface area contributed by atoms with Crippen LogP contribution in [0.3, 0.4) is 0 Å². The molecule has 7 rings (SSSR count). The predicted molar refractivity (Wildman–Crippen MR) is 168 cm³/mol. The molecule has 3 bridgehead atoms. The molecule has 12 atom stereocenters. The molecule has 0 aromatic heterocycles. The number of rotatable bonds is 10. The summed E-state index contributed by atoms with van der Waals surface area (Å²) >= 11 is 0. The standard InChI is InChI=1S/C37H44O10/c1-6-7-8-9-10-11-15-18-26(39)43-29-23(5)36-25-19-22(4)28(40)34(25,42)32(41)33(20-38)30(44-33)27(36)31-35(29,21(2)3)46-37(45-31,47-36)24-16-13-12-14-17-24/h10-19,23,25,27,29-32,38,41-42H,2,6-9,20H2,1,3-5H3/b11-10+,18-15+/t23-,25-,27+,29-,30+,31-,32-,33+,34-,35+,36+,37?/m1/s1. The maximum Gasteiger partial charge on any atom is 0.331 e. The molecule has 3 aliphatic heterocycles. The van der Waals surface area contributed by atoms with Gasteiger partial charge >= 0.3 is 11.9 Å². The van der Waals surface area contributed by atoms with Crippen molar-refractivity contribution >= 4 is 11.8 Å². The third-order valence-electron chi connectivity index (χ3n) is 11.6. The van der Waals surface area contributed by atoms with Gasteiger partial charge in [0.1, 0.15) is 30.0 Å². The molecule has 0 spiro atoms. The summed E-state index contributed by atoms with van der Waals surface area (Å²) in [5.41, 5.74) is -5.84. The Balaban J connectivity index is 1.39. The van der Waals surface area contributed by atoms with Crippen molar-refractivity contribution in [2.24, 2.45) is 17.8 Å². The molecule has 0 amide bonds. The van der Waals surface area contributed by atoms with E-state index in [9.17, 15) is 24.9 Å². The van der Waals surface area contributed by atoms with Gasteiger partial charge in [0.2, 0.25) is 0 Å². The van der Waals surface area contributed by atoms with Crippen molar-refractivity contribution in [3.63, 3.8) is 0 Å². The lowest BCUT2D eigenvalue weighted by Gasteiger charge is -2.61. The molecule has 1 aromatic carbocycles. The molecule has 2 saturated carbocycles. The summed E-state index contributed by atoms with van der Waals surface area (Å²) in [6, 6.07) is 9.04. The van der Waals surface area contributed by atoms with Crippen molar-refractivity contribution < 1.29 is 48.6 Å². The first-order valence-corrected chi connectivity index (χ1v) is 16.7. The average molecular weight is 649 g/mol. The van der Waals surface area contributed by atoms with Gasteiger partial charge in [0.25, 0.3) is 0 Å². The molecule has 0 radical (unpaired) electrons. The van der Waals surface area contributed by atoms with Crippen molar-refractivity contribution in [1.29, 1.82) is 0 Å². The number of allylic oxidation sites excluding steroid dienone is 3. The quantitative estimate of drug-likeness (QED) is 0.0861. The van der Waals surface area contributed by atoms with E-state index >= 15 is 0 Å². The lowest BCUT2D eigenvalue weighted by atomic mass is 9.53. The minimum Gasteiger partial charge on any atom is -0.455 e. The van der Waals surface area contributed by atoms with Crippen LogP contribution in [0, 0.1) is 17.8 Å². The third-order valence-corrected chi connectivity index (χ3v) is 11.6. The van der Waals surface area contributed by atoms with Gasteiger partial charge in [-0.2, -0.15) is 0 Å². The lowest BCUT2D eigenvalue weighted by molar-refractivity contribution is -0.440. The van der Waals surface area contributed by atoms with Gasteiger partial charge in [-0.05, 0) is 37.8 Å². The van der Waals surface area contributed by atoms with Gasteiger partial charge in [0, 0.05) is 29.4 Å². The maximum absolute atomic E-state index is 13.8. The fraction of sp³-hybridized carbons (Fsp3) is 0.568. The Labute approximate surface area is 274 Å². The predicted octanol–water partition coefficient (Wildman–Crippen LogP) is 3.55. The summed E-state index contributed by atoms with van der Waals surface area (Å²) < 4.78 is 33.3. The van der Waals surface area contributed by atoms with Gasteiger partial charge in [-0.3, -0.25) is 4.79 Å². The highest BCUT2D eigenvalue weighted by Gasteiger charge is 2.90. The lowest BCUT2D eigenvalue weighted by Crippen LogP contribution is -2.76. The van der Waals surface area contributed by atoms with Gasteiger partial charge in [-0.15, -0.1) is 0 Å². The number of ketones is 1. The van der Waals surface area contributed by atoms with Crippen LogP contribution in [-0.4, -0.2) is 80.5 Å². The Morgan fingerprint density at radius 2 is 1.85 bits per heavy atom. The molecular weight excluding hydrogens is 604 g/mol. The summed E-state index contributed by atoms with van der Waals surface area (Å²) in [6.45, 7) is 11.0. The van der Waals surface area contributed by atoms with E-state index in [-0.39, 0.29) is 5.57 Å². The van der Waals surface area contributed by atoms with E-state index in [0.717, 1.165) is 25.7 Å². The highest BCUT2D eigenvalue weighted by atomic mass is 16.9. The van der Waals surface area contributed by atoms with Gasteiger partial charge in [0.15, 0.2) is 17.0 Å². The van der Waals surface area contributed by atoms with Crippen LogP contribution in [-0.2, 0) is 39.2 Å². The van der Waals surface area contributed by atoms with Crippen molar-refractivity contribution in [1.82, 2.24) is 0 Å². The summed E-state index contributed by atoms with van der Waals surface area (Å²) in [7, 11) is 0. The van der Waals surface area contributed by atoms with Crippen LogP contribution >= 0.6 is 0 Å². The number of benzene rings is 1. The fourth-order valence-electron chi connectivity index (χ4n) is 9.30. The highest BCUT2D eigenvalue weighted by Crippen LogP contribution is 2.74. The molecular formula is C37H44O10. The number of aliphatic hydroxyl groups excluding tert-OH is 2. The molecule has 3 N–H and O–H groups in total. The van der Waals surface area contributed by atoms with Crippen LogP contribution in [0.1, 0.15) is 58.9 Å². The topological polar surface area (TPSA) is 144 Å². The van der Waals surface area contributed by atoms with Crippen molar-refractivity contribution in [3.05, 3.63) is 84.0 Å². The van der Waals surface area contributed by atoms with Crippen LogP contribution < -0.4 is 0 Å². The summed E-state index contributed by atoms with van der Waals surface area (Å²) in [6.07, 6.45) is 7.98. The Hall–Kier alpha value is -2.96. The van der Waals surface area contributed by atoms with Crippen molar-refractivity contribution in [3.8, 4) is 0 Å². The largest absolute Gasteiger partial charge is 0.455 e. The number of epoxide rings is 1. The summed E-state index contributed by atoms with van der Waals surface area (Å²) in [4.78, 5) is 27.4. The molecule has 1 unspecified atom stereocenters. The second-order valence-corrected chi connectivity index (χ2v) is 14.1. The number of fused-ring (bicyclic) bond motifs is 3. The van der Waals surface area contributed by atoms with E-state index in [1.54, 1.807) is 38.1 Å². The van der Waals surface area contributed by atoms with E-state index in [4.69, 9.17) is 23.7 Å². The average Bonchev–Trinajstić information content (AvgIpc) is 3.68. The van der Waals surface area contributed by atoms with E-state index in [1.165, 1.54) is 6.08 Å². The van der Waals surface area contributed by atoms with Gasteiger partial charge in [-0.25, -0.2) is 4.79 Å². The Kier molecular flexibility index (Phi) is 7.65. The minimum atomic E-state index is -2.42. The maximum atomic E-state index is 13.8. The molecule has 10 heteroatoms. The summed E-state index contributed by atoms with van der Waals surface area (Å²) in [5.74, 6) is -5.86. The molecule has 47 heavy (non-hydrogen) atoms. The number of Topliss-reactive ketones (excluding diaryl/α,β-unsaturated/α-hetero) is 1. The van der Waals surface area contributed by atoms with Crippen LogP contribution in [0.25, 0.3) is 0 Å². The second-order valence-electron chi connectivity index (χ2n) is 14.1. The minimum absolute atomic E-state index is 0.236. The van der Waals surface area contributed by atoms with E-state index in [1.807, 2.05) is 37.3 Å². The zero-order valence-corrected chi connectivity index (χ0v) is 27.3. The number of hydrogen-bond acceptors (Lipinski definition) is 10. The number of carbonyl (C=O) groups is 2. The molecule has 3 saturated heterocycles. The SMILES string of the molecule is C=C(C)[C@@]12OC3(c4ccccc4)O[C@@H]1[C@@H]1[C@@H]4O[C@]4(CO)[C@@H](O)[C@]4(O)C(=O)C(C)=C[C@H]4[C@@]1(O3)[C@H](C)[C@H]2OC(=O)/C=C/C=C/CCCCC. The normalized spacial score (nSPS) is 45.8. The van der Waals surface area contributed by atoms with Crippen LogP contribution in [0.2, 0.25) is 0 Å². The number of hydrogen-bond donors (Lipinski definition) is 3. The van der Waals surface area contributed by atoms with Crippen molar-refractivity contribution in [2.45, 2.75) is 106 Å². The van der Waals surface area contributed by atoms with E-state index in [0.29, 0.717) is 11.1 Å². The first kappa shape index (κ1) is 32.6. The molecule has 1 aromatic rings. The van der Waals surface area contributed by atoms with Gasteiger partial charge < -0.3 is 39.0 Å². The van der Waals surface area contributed by atoms with Gasteiger partial charge in [-0.1, -0.05) is 87.9 Å². The number of carbonyl (C=O) groups excluding carboxylic acids is 2. The van der Waals surface area contributed by atoms with Crippen LogP contribution in [0.15, 0.2) is 78.4 Å². The van der Waals surface area contributed by atoms with E-state index in [2.05, 4.69) is 13.5 Å². The first-order chi connectivity index (χ1) is 22.4. The molecule has 3 aliphatic carbocycles. The monoisotopic (exact) mass is 648 g/mol. The molecule has 5 fully saturated rings. The Bertz CT molecular complexity index is 1570. The first-order valence-electron chi connectivity index (χ1n) is 16.7. The number of unbranched alkanes of at least 4 members (excludes halogenated alkanes) is 3. The van der Waals surface area contributed by atoms with Crippen LogP contribution in [0.4, 0.5) is 0 Å². The van der Waals surface area contributed by atoms with E-state index < -0.39 is 88.9 Å². The zero-order valence-electron chi connectivity index (χ0n) is 27.3. The molecule has 10 nitrogen and oxygen atoms in total. The second kappa shape index (κ2) is 11.0. The smallest absolute Gasteiger partial charge is 0.331 e. The van der Waals surface area contributed by atoms with Crippen molar-refractivity contribution in [2.75, 3.05) is 6.61 Å². The molecule has 6 aliphatic rings. The Morgan fingerprint density at radius 1 is 1.11 bits per heavy atom. The zero-order chi connectivity index (χ0) is 33.6. The fourth-order valence-corrected chi connectivity index (χ4v) is 9.30. The number of esters is 1. The molecule has 252 valence electrons. The number of aliphatic hydroxyl groups is 3. The Morgan fingerprint density at radius 3 is 2.53 bits per heavy atom. The third kappa shape index (κ3) is 4.10.